The summed E-state index contributed by atoms with van der Waals surface area (Å²) in [6.07, 6.45) is -11.9. The van der Waals surface area contributed by atoms with Gasteiger partial charge in [-0.05, 0) is 54.8 Å². The molecule has 1 aromatic heterocycles. The number of anilines is 1. The van der Waals surface area contributed by atoms with Crippen LogP contribution in [0.5, 0.6) is 5.75 Å². The lowest BCUT2D eigenvalue weighted by Crippen LogP contribution is -2.49. The first-order valence-corrected chi connectivity index (χ1v) is 14.3. The van der Waals surface area contributed by atoms with Gasteiger partial charge in [0.15, 0.2) is 0 Å². The number of cyclic esters (lactones) is 1. The van der Waals surface area contributed by atoms with Gasteiger partial charge in [0.1, 0.15) is 18.0 Å². The van der Waals surface area contributed by atoms with Crippen molar-refractivity contribution < 1.29 is 54.5 Å². The van der Waals surface area contributed by atoms with E-state index in [1.807, 2.05) is 0 Å². The second-order valence-electron chi connectivity index (χ2n) is 11.2. The molecule has 0 N–H and O–H groups in total. The molecule has 0 radical (unpaired) electrons. The SMILES string of the molecule is COC(=O)CCc1ccc(OC)c(-c2cnc(N3CC(F)C3)nc2CN2C(=O)OC(c3cc(C(F)(F)F)cc(C(F)(F)F)c3)[C@@H]2C)c1. The van der Waals surface area contributed by atoms with Crippen LogP contribution >= 0.6 is 0 Å². The number of aryl methyl sites for hydroxylation is 1. The predicted molar refractivity (Wildman–Crippen MR) is 152 cm³/mol. The third-order valence-electron chi connectivity index (χ3n) is 8.03. The molecule has 0 bridgehead atoms. The van der Waals surface area contributed by atoms with Crippen molar-refractivity contribution in [1.29, 1.82) is 0 Å². The molecule has 2 aliphatic heterocycles. The van der Waals surface area contributed by atoms with Gasteiger partial charge in [0.05, 0.1) is 56.7 Å². The lowest BCUT2D eigenvalue weighted by molar-refractivity contribution is -0.143. The summed E-state index contributed by atoms with van der Waals surface area (Å²) in [7, 11) is 2.70. The molecule has 0 spiro atoms. The van der Waals surface area contributed by atoms with Crippen molar-refractivity contribution in [3.05, 3.63) is 70.5 Å². The Kier molecular flexibility index (Phi) is 9.24. The molecule has 47 heavy (non-hydrogen) atoms. The molecular formula is C31H29F7N4O5. The first kappa shape index (κ1) is 33.7. The summed E-state index contributed by atoms with van der Waals surface area (Å²) in [6, 6.07) is 5.18. The first-order chi connectivity index (χ1) is 22.1. The van der Waals surface area contributed by atoms with Gasteiger partial charge in [-0.15, -0.1) is 0 Å². The van der Waals surface area contributed by atoms with Crippen molar-refractivity contribution >= 4 is 18.0 Å². The van der Waals surface area contributed by atoms with Crippen LogP contribution in [0.4, 0.5) is 41.5 Å². The summed E-state index contributed by atoms with van der Waals surface area (Å²) < 4.78 is 111. The molecule has 2 saturated heterocycles. The highest BCUT2D eigenvalue weighted by atomic mass is 19.4. The van der Waals surface area contributed by atoms with Crippen molar-refractivity contribution in [1.82, 2.24) is 14.9 Å². The number of hydrogen-bond donors (Lipinski definition) is 0. The van der Waals surface area contributed by atoms with Crippen LogP contribution in [0.1, 0.15) is 47.4 Å². The summed E-state index contributed by atoms with van der Waals surface area (Å²) in [5.74, 6) is 0.120. The minimum absolute atomic E-state index is 0.00184. The normalized spacial score (nSPS) is 18.6. The van der Waals surface area contributed by atoms with Crippen molar-refractivity contribution in [2.24, 2.45) is 0 Å². The minimum Gasteiger partial charge on any atom is -0.496 e. The molecule has 2 fully saturated rings. The number of aromatic nitrogens is 2. The molecule has 1 unspecified atom stereocenters. The Hall–Kier alpha value is -4.63. The standard InChI is InChI=1S/C31H29F7N4O5/c1-16-27(18-9-19(30(33,34)35)11-20(10-18)31(36,37)38)47-29(44)42(16)15-24-23(12-39-28(40-24)41-13-21(32)14-41)22-8-17(4-6-25(22)45-2)5-7-26(43)46-3/h4,6,8-12,16,21,27H,5,7,13-15H2,1-3H3/t16-,27?/m0/s1. The third-order valence-corrected chi connectivity index (χ3v) is 8.03. The molecular weight excluding hydrogens is 641 g/mol. The Morgan fingerprint density at radius 2 is 1.66 bits per heavy atom. The van der Waals surface area contributed by atoms with E-state index in [1.165, 1.54) is 27.3 Å². The number of esters is 1. The first-order valence-electron chi connectivity index (χ1n) is 14.3. The highest BCUT2D eigenvalue weighted by Gasteiger charge is 2.44. The van der Waals surface area contributed by atoms with E-state index in [2.05, 4.69) is 9.97 Å². The molecule has 0 aliphatic carbocycles. The molecule has 2 aromatic carbocycles. The van der Waals surface area contributed by atoms with Crippen molar-refractivity contribution in [3.63, 3.8) is 0 Å². The molecule has 252 valence electrons. The Balaban J connectivity index is 1.53. The maximum absolute atomic E-state index is 13.7. The van der Waals surface area contributed by atoms with E-state index < -0.39 is 59.4 Å². The fourth-order valence-corrected chi connectivity index (χ4v) is 5.43. The summed E-state index contributed by atoms with van der Waals surface area (Å²) in [5.41, 5.74) is -1.74. The van der Waals surface area contributed by atoms with Gasteiger partial charge in [0.2, 0.25) is 5.95 Å². The maximum Gasteiger partial charge on any atom is 0.416 e. The van der Waals surface area contributed by atoms with Crippen LogP contribution in [0.2, 0.25) is 0 Å². The predicted octanol–water partition coefficient (Wildman–Crippen LogP) is 6.54. The van der Waals surface area contributed by atoms with Gasteiger partial charge in [-0.1, -0.05) is 6.07 Å². The Morgan fingerprint density at radius 3 is 2.23 bits per heavy atom. The van der Waals surface area contributed by atoms with E-state index in [0.717, 1.165) is 10.5 Å². The van der Waals surface area contributed by atoms with Gasteiger partial charge in [0, 0.05) is 23.7 Å². The van der Waals surface area contributed by atoms with Crippen molar-refractivity contribution in [2.45, 2.75) is 57.0 Å². The molecule has 3 heterocycles. The summed E-state index contributed by atoms with van der Waals surface area (Å²) in [6.45, 7) is 1.20. The lowest BCUT2D eigenvalue weighted by Gasteiger charge is -2.34. The van der Waals surface area contributed by atoms with E-state index in [0.29, 0.717) is 35.4 Å². The summed E-state index contributed by atoms with van der Waals surface area (Å²) >= 11 is 0. The van der Waals surface area contributed by atoms with Crippen LogP contribution in [-0.4, -0.2) is 66.5 Å². The number of rotatable bonds is 9. The van der Waals surface area contributed by atoms with Crippen LogP contribution in [0, 0.1) is 0 Å². The fourth-order valence-electron chi connectivity index (χ4n) is 5.43. The van der Waals surface area contributed by atoms with E-state index in [9.17, 15) is 40.3 Å². The molecule has 3 aromatic rings. The lowest BCUT2D eigenvalue weighted by atomic mass is 9.97. The number of carbonyl (C=O) groups is 2. The van der Waals surface area contributed by atoms with Crippen LogP contribution < -0.4 is 9.64 Å². The van der Waals surface area contributed by atoms with E-state index >= 15 is 0 Å². The minimum atomic E-state index is -5.09. The van der Waals surface area contributed by atoms with Gasteiger partial charge in [-0.25, -0.2) is 19.2 Å². The zero-order valence-electron chi connectivity index (χ0n) is 25.3. The topological polar surface area (TPSA) is 94.1 Å². The van der Waals surface area contributed by atoms with Gasteiger partial charge < -0.3 is 19.1 Å². The fraction of sp³-hybridized carbons (Fsp3) is 0.419. The molecule has 2 aliphatic rings. The number of halogens is 7. The van der Waals surface area contributed by atoms with E-state index in [1.54, 1.807) is 23.1 Å². The van der Waals surface area contributed by atoms with Crippen molar-refractivity contribution in [2.75, 3.05) is 32.2 Å². The Labute approximate surface area is 264 Å². The molecule has 2 atom stereocenters. The number of carbonyl (C=O) groups excluding carboxylic acids is 2. The number of alkyl halides is 7. The number of ether oxygens (including phenoxy) is 3. The van der Waals surface area contributed by atoms with Crippen LogP contribution in [0.15, 0.2) is 42.6 Å². The van der Waals surface area contributed by atoms with E-state index in [4.69, 9.17) is 14.2 Å². The number of nitrogens with zero attached hydrogens (tertiary/aromatic N) is 4. The number of hydrogen-bond acceptors (Lipinski definition) is 8. The van der Waals surface area contributed by atoms with E-state index in [-0.39, 0.29) is 43.8 Å². The second kappa shape index (κ2) is 12.9. The number of benzene rings is 2. The monoisotopic (exact) mass is 670 g/mol. The number of amides is 1. The Morgan fingerprint density at radius 1 is 1.00 bits per heavy atom. The maximum atomic E-state index is 13.7. The molecule has 1 amide bonds. The zero-order valence-corrected chi connectivity index (χ0v) is 25.3. The second-order valence-corrected chi connectivity index (χ2v) is 11.2. The molecule has 16 heteroatoms. The highest BCUT2D eigenvalue weighted by molar-refractivity contribution is 5.75. The summed E-state index contributed by atoms with van der Waals surface area (Å²) in [4.78, 5) is 36.6. The average molecular weight is 671 g/mol. The van der Waals surface area contributed by atoms with Gasteiger partial charge in [-0.2, -0.15) is 26.3 Å². The van der Waals surface area contributed by atoms with Gasteiger partial charge >= 0.3 is 24.4 Å². The molecule has 5 rings (SSSR count). The van der Waals surface area contributed by atoms with Gasteiger partial charge in [0.25, 0.3) is 0 Å². The van der Waals surface area contributed by atoms with Crippen molar-refractivity contribution in [3.8, 4) is 16.9 Å². The van der Waals surface area contributed by atoms with Crippen LogP contribution in [-0.2, 0) is 39.6 Å². The van der Waals surface area contributed by atoms with Crippen LogP contribution in [0.25, 0.3) is 11.1 Å². The van der Waals surface area contributed by atoms with Crippen LogP contribution in [0.3, 0.4) is 0 Å². The van der Waals surface area contributed by atoms with Gasteiger partial charge in [-0.3, -0.25) is 9.69 Å². The third kappa shape index (κ3) is 7.20. The largest absolute Gasteiger partial charge is 0.496 e. The zero-order chi connectivity index (χ0) is 34.3. The number of methoxy groups -OCH3 is 2. The molecule has 0 saturated carbocycles. The summed E-state index contributed by atoms with van der Waals surface area (Å²) in [5, 5.41) is 0. The Bertz CT molecular complexity index is 1630. The molecule has 9 nitrogen and oxygen atoms in total. The quantitative estimate of drug-likeness (QED) is 0.187. The smallest absolute Gasteiger partial charge is 0.416 e. The highest BCUT2D eigenvalue weighted by Crippen LogP contribution is 2.42. The average Bonchev–Trinajstić information content (AvgIpc) is 3.29.